The van der Waals surface area contributed by atoms with Gasteiger partial charge in [-0.25, -0.2) is 0 Å². The fraction of sp³-hybridized carbons (Fsp3) is 0.130. The van der Waals surface area contributed by atoms with Gasteiger partial charge in [0.1, 0.15) is 0 Å². The van der Waals surface area contributed by atoms with E-state index in [0.29, 0.717) is 6.54 Å². The van der Waals surface area contributed by atoms with E-state index in [1.54, 1.807) is 0 Å². The normalized spacial score (nSPS) is 11.1. The number of nitrogens with one attached hydrogen (secondary N) is 1. The Balaban J connectivity index is 2.19. The van der Waals surface area contributed by atoms with Crippen LogP contribution in [0.5, 0.6) is 0 Å². The van der Waals surface area contributed by atoms with Crippen molar-refractivity contribution in [2.75, 3.05) is 6.54 Å². The fourth-order valence-corrected chi connectivity index (χ4v) is 2.60. The molecule has 0 aliphatic carbocycles. The Morgan fingerprint density at radius 1 is 1.00 bits per heavy atom. The van der Waals surface area contributed by atoms with E-state index >= 15 is 0 Å². The Morgan fingerprint density at radius 3 is 2.46 bits per heavy atom. The average molecular weight is 315 g/mol. The lowest BCUT2D eigenvalue weighted by molar-refractivity contribution is 0.981. The lowest BCUT2D eigenvalue weighted by Crippen LogP contribution is -2.15. The summed E-state index contributed by atoms with van der Waals surface area (Å²) in [5.74, 6) is 0. The molecule has 2 aromatic rings. The van der Waals surface area contributed by atoms with Crippen LogP contribution in [0.15, 0.2) is 91.6 Å². The van der Waals surface area contributed by atoms with Crippen molar-refractivity contribution < 1.29 is 0 Å². The summed E-state index contributed by atoms with van der Waals surface area (Å²) in [4.78, 5) is 0. The molecular formula is C23H25N. The van der Waals surface area contributed by atoms with Crippen LogP contribution in [-0.2, 0) is 0 Å². The van der Waals surface area contributed by atoms with Crippen LogP contribution in [0.3, 0.4) is 0 Å². The number of hydrogen-bond acceptors (Lipinski definition) is 1. The molecule has 0 fully saturated rings. The van der Waals surface area contributed by atoms with E-state index in [0.717, 1.165) is 16.8 Å². The molecule has 0 aromatic heterocycles. The third-order valence-corrected chi connectivity index (χ3v) is 3.82. The molecule has 2 rings (SSSR count). The van der Waals surface area contributed by atoms with Gasteiger partial charge in [0, 0.05) is 17.8 Å². The summed E-state index contributed by atoms with van der Waals surface area (Å²) in [7, 11) is 0. The summed E-state index contributed by atoms with van der Waals surface area (Å²) in [6.07, 6.45) is 8.00. The molecule has 0 aliphatic heterocycles. The van der Waals surface area contributed by atoms with E-state index in [-0.39, 0.29) is 0 Å². The standard InChI is InChI=1S/C23H25N/c1-5-6-8-12-18(2)17-24-20(4)23-19(3)13-11-16-22(23)21-14-9-7-10-15-21/h5-16,24H,2,4,17H2,1,3H3/b6-5-,12-8-. The second-order valence-electron chi connectivity index (χ2n) is 5.74. The number of rotatable bonds is 7. The van der Waals surface area contributed by atoms with Crippen LogP contribution in [0.25, 0.3) is 16.8 Å². The summed E-state index contributed by atoms with van der Waals surface area (Å²) in [5, 5.41) is 3.41. The molecule has 0 saturated carbocycles. The first-order valence-corrected chi connectivity index (χ1v) is 8.18. The van der Waals surface area contributed by atoms with Crippen LogP contribution in [0.2, 0.25) is 0 Å². The fourth-order valence-electron chi connectivity index (χ4n) is 2.60. The highest BCUT2D eigenvalue weighted by Gasteiger charge is 2.10. The largest absolute Gasteiger partial charge is 0.381 e. The van der Waals surface area contributed by atoms with Gasteiger partial charge >= 0.3 is 0 Å². The zero-order valence-electron chi connectivity index (χ0n) is 14.5. The molecule has 1 nitrogen and oxygen atoms in total. The molecule has 0 amide bonds. The zero-order valence-corrected chi connectivity index (χ0v) is 14.5. The van der Waals surface area contributed by atoms with Crippen LogP contribution < -0.4 is 5.32 Å². The summed E-state index contributed by atoms with van der Waals surface area (Å²) in [6.45, 7) is 13.1. The van der Waals surface area contributed by atoms with Crippen LogP contribution in [-0.4, -0.2) is 6.54 Å². The first kappa shape index (κ1) is 17.6. The molecule has 0 aliphatic rings. The molecule has 122 valence electrons. The second kappa shape index (κ2) is 8.73. The Morgan fingerprint density at radius 2 is 1.75 bits per heavy atom. The van der Waals surface area contributed by atoms with Crippen molar-refractivity contribution in [1.82, 2.24) is 5.32 Å². The van der Waals surface area contributed by atoms with E-state index in [2.05, 4.69) is 67.9 Å². The van der Waals surface area contributed by atoms with E-state index in [9.17, 15) is 0 Å². The quantitative estimate of drug-likeness (QED) is 0.626. The number of benzene rings is 2. The highest BCUT2D eigenvalue weighted by atomic mass is 14.9. The minimum absolute atomic E-state index is 0.676. The highest BCUT2D eigenvalue weighted by molar-refractivity contribution is 5.81. The molecule has 0 saturated heterocycles. The van der Waals surface area contributed by atoms with Gasteiger partial charge in [0.25, 0.3) is 0 Å². The van der Waals surface area contributed by atoms with Crippen molar-refractivity contribution in [2.24, 2.45) is 0 Å². The molecule has 0 bridgehead atoms. The molecule has 1 N–H and O–H groups in total. The van der Waals surface area contributed by atoms with E-state index in [4.69, 9.17) is 0 Å². The van der Waals surface area contributed by atoms with Crippen molar-refractivity contribution in [1.29, 1.82) is 0 Å². The van der Waals surface area contributed by atoms with Crippen molar-refractivity contribution in [3.8, 4) is 11.1 Å². The molecule has 0 unspecified atom stereocenters. The third kappa shape index (κ3) is 4.60. The van der Waals surface area contributed by atoms with E-state index in [1.165, 1.54) is 16.7 Å². The Bertz CT molecular complexity index is 764. The molecule has 1 heteroatoms. The van der Waals surface area contributed by atoms with Crippen molar-refractivity contribution in [2.45, 2.75) is 13.8 Å². The second-order valence-corrected chi connectivity index (χ2v) is 5.74. The van der Waals surface area contributed by atoms with Crippen molar-refractivity contribution >= 4 is 5.70 Å². The van der Waals surface area contributed by atoms with Gasteiger partial charge in [-0.3, -0.25) is 0 Å². The molecular weight excluding hydrogens is 290 g/mol. The van der Waals surface area contributed by atoms with Gasteiger partial charge in [-0.05, 0) is 36.1 Å². The average Bonchev–Trinajstić information content (AvgIpc) is 2.60. The van der Waals surface area contributed by atoms with E-state index in [1.807, 2.05) is 37.3 Å². The number of allylic oxidation sites excluding steroid dienone is 3. The Kier molecular flexibility index (Phi) is 6.39. The maximum absolute atomic E-state index is 4.25. The van der Waals surface area contributed by atoms with E-state index < -0.39 is 0 Å². The molecule has 0 radical (unpaired) electrons. The predicted molar refractivity (Wildman–Crippen MR) is 107 cm³/mol. The van der Waals surface area contributed by atoms with Gasteiger partial charge in [-0.2, -0.15) is 0 Å². The first-order chi connectivity index (χ1) is 11.6. The Hall–Kier alpha value is -2.80. The third-order valence-electron chi connectivity index (χ3n) is 3.82. The van der Waals surface area contributed by atoms with Gasteiger partial charge in [0.05, 0.1) is 0 Å². The van der Waals surface area contributed by atoms with Crippen molar-refractivity contribution in [3.63, 3.8) is 0 Å². The predicted octanol–water partition coefficient (Wildman–Crippen LogP) is 5.91. The molecule has 0 atom stereocenters. The summed E-state index contributed by atoms with van der Waals surface area (Å²) in [6, 6.07) is 16.8. The summed E-state index contributed by atoms with van der Waals surface area (Å²) in [5.41, 5.74) is 6.71. The maximum atomic E-state index is 4.25. The lowest BCUT2D eigenvalue weighted by atomic mass is 9.94. The zero-order chi connectivity index (χ0) is 17.4. The smallest absolute Gasteiger partial charge is 0.0394 e. The summed E-state index contributed by atoms with van der Waals surface area (Å²) >= 11 is 0. The highest BCUT2D eigenvalue weighted by Crippen LogP contribution is 2.29. The van der Waals surface area contributed by atoms with Gasteiger partial charge in [-0.15, -0.1) is 0 Å². The maximum Gasteiger partial charge on any atom is 0.0394 e. The van der Waals surface area contributed by atoms with Crippen LogP contribution >= 0.6 is 0 Å². The number of hydrogen-bond donors (Lipinski definition) is 1. The molecule has 0 spiro atoms. The summed E-state index contributed by atoms with van der Waals surface area (Å²) < 4.78 is 0. The first-order valence-electron chi connectivity index (χ1n) is 8.18. The van der Waals surface area contributed by atoms with Gasteiger partial charge in [-0.1, -0.05) is 86.0 Å². The lowest BCUT2D eigenvalue weighted by Gasteiger charge is -2.17. The SMILES string of the molecule is C=C(/C=C\C=C/C)CNC(=C)c1c(C)cccc1-c1ccccc1. The monoisotopic (exact) mass is 315 g/mol. The minimum atomic E-state index is 0.676. The molecule has 0 heterocycles. The van der Waals surface area contributed by atoms with Crippen LogP contribution in [0.4, 0.5) is 0 Å². The van der Waals surface area contributed by atoms with Gasteiger partial charge in [0.2, 0.25) is 0 Å². The van der Waals surface area contributed by atoms with Gasteiger partial charge < -0.3 is 5.32 Å². The number of aryl methyl sites for hydroxylation is 1. The molecule has 2 aromatic carbocycles. The van der Waals surface area contributed by atoms with Crippen molar-refractivity contribution in [3.05, 3.63) is 103 Å². The van der Waals surface area contributed by atoms with Gasteiger partial charge in [0.15, 0.2) is 0 Å². The topological polar surface area (TPSA) is 12.0 Å². The molecule has 24 heavy (non-hydrogen) atoms. The van der Waals surface area contributed by atoms with Crippen LogP contribution in [0, 0.1) is 6.92 Å². The minimum Gasteiger partial charge on any atom is -0.381 e. The van der Waals surface area contributed by atoms with Crippen LogP contribution in [0.1, 0.15) is 18.1 Å². The Labute approximate surface area is 145 Å².